The lowest BCUT2D eigenvalue weighted by Crippen LogP contribution is -2.36. The molecule has 2 rings (SSSR count). The van der Waals surface area contributed by atoms with Crippen LogP contribution >= 0.6 is 0 Å². The minimum Gasteiger partial charge on any atom is -0.317 e. The van der Waals surface area contributed by atoms with Gasteiger partial charge in [-0.05, 0) is 55.5 Å². The molecule has 0 amide bonds. The second-order valence-corrected chi connectivity index (χ2v) is 4.59. The van der Waals surface area contributed by atoms with Crippen LogP contribution in [-0.4, -0.2) is 18.1 Å². The number of hydrogen-bond acceptors (Lipinski definition) is 2. The van der Waals surface area contributed by atoms with Crippen molar-refractivity contribution in [2.24, 2.45) is 5.41 Å². The minimum atomic E-state index is 0.493. The lowest BCUT2D eigenvalue weighted by atomic mass is 9.76. The molecule has 1 aromatic rings. The van der Waals surface area contributed by atoms with Crippen LogP contribution in [0.1, 0.15) is 39.2 Å². The highest BCUT2D eigenvalue weighted by molar-refractivity contribution is 5.12. The van der Waals surface area contributed by atoms with Gasteiger partial charge in [0, 0.05) is 12.4 Å². The van der Waals surface area contributed by atoms with Crippen LogP contribution in [-0.2, 0) is 6.42 Å². The first-order valence-electron chi connectivity index (χ1n) is 6.38. The van der Waals surface area contributed by atoms with Crippen molar-refractivity contribution < 1.29 is 0 Å². The molecule has 90 valence electrons. The Morgan fingerprint density at radius 2 is 1.75 bits per heavy atom. The van der Waals surface area contributed by atoms with E-state index in [-0.39, 0.29) is 0 Å². The fraction of sp³-hybridized carbons (Fsp3) is 0.643. The Hall–Kier alpha value is -0.890. The van der Waals surface area contributed by atoms with Crippen LogP contribution < -0.4 is 5.32 Å². The number of rotatable bonds is 2. The van der Waals surface area contributed by atoms with Gasteiger partial charge in [-0.1, -0.05) is 20.8 Å². The summed E-state index contributed by atoms with van der Waals surface area (Å²) in [6, 6.07) is 4.26. The second kappa shape index (κ2) is 6.64. The molecule has 0 aliphatic carbocycles. The number of nitrogens with one attached hydrogen (secondary N) is 1. The maximum Gasteiger partial charge on any atom is 0.0270 e. The third-order valence-corrected chi connectivity index (χ3v) is 3.19. The zero-order valence-electron chi connectivity index (χ0n) is 10.8. The number of nitrogens with zero attached hydrogens (tertiary/aromatic N) is 1. The van der Waals surface area contributed by atoms with Crippen molar-refractivity contribution in [3.05, 3.63) is 30.1 Å². The highest BCUT2D eigenvalue weighted by Crippen LogP contribution is 2.31. The summed E-state index contributed by atoms with van der Waals surface area (Å²) in [5.74, 6) is 0. The van der Waals surface area contributed by atoms with Crippen LogP contribution in [0.3, 0.4) is 0 Å². The Bertz CT molecular complexity index is 276. The Morgan fingerprint density at radius 3 is 2.31 bits per heavy atom. The summed E-state index contributed by atoms with van der Waals surface area (Å²) in [6.45, 7) is 8.73. The molecule has 0 bridgehead atoms. The molecule has 1 fully saturated rings. The van der Waals surface area contributed by atoms with Gasteiger partial charge in [-0.2, -0.15) is 0 Å². The Balaban J connectivity index is 0.000000606. The van der Waals surface area contributed by atoms with E-state index < -0.39 is 0 Å². The van der Waals surface area contributed by atoms with Gasteiger partial charge in [-0.15, -0.1) is 0 Å². The van der Waals surface area contributed by atoms with Crippen molar-refractivity contribution in [2.75, 3.05) is 13.1 Å². The Kier molecular flexibility index (Phi) is 5.47. The molecule has 2 heteroatoms. The molecule has 0 aromatic carbocycles. The van der Waals surface area contributed by atoms with E-state index in [9.17, 15) is 0 Å². The van der Waals surface area contributed by atoms with Gasteiger partial charge in [0.15, 0.2) is 0 Å². The molecule has 1 saturated heterocycles. The first-order chi connectivity index (χ1) is 7.79. The maximum absolute atomic E-state index is 4.05. The first-order valence-corrected chi connectivity index (χ1v) is 6.38. The average Bonchev–Trinajstić information content (AvgIpc) is 2.33. The third kappa shape index (κ3) is 3.93. The van der Waals surface area contributed by atoms with Gasteiger partial charge in [0.1, 0.15) is 0 Å². The fourth-order valence-electron chi connectivity index (χ4n) is 2.20. The van der Waals surface area contributed by atoms with Gasteiger partial charge in [-0.25, -0.2) is 0 Å². The molecule has 0 saturated carbocycles. The van der Waals surface area contributed by atoms with E-state index in [2.05, 4.69) is 29.4 Å². The Labute approximate surface area is 99.5 Å². The normalized spacial score (nSPS) is 18.4. The minimum absolute atomic E-state index is 0.493. The number of pyridine rings is 1. The molecule has 16 heavy (non-hydrogen) atoms. The van der Waals surface area contributed by atoms with Crippen LogP contribution in [0, 0.1) is 5.41 Å². The lowest BCUT2D eigenvalue weighted by molar-refractivity contribution is 0.228. The van der Waals surface area contributed by atoms with Crippen molar-refractivity contribution in [1.29, 1.82) is 0 Å². The van der Waals surface area contributed by atoms with E-state index in [4.69, 9.17) is 0 Å². The Morgan fingerprint density at radius 1 is 1.19 bits per heavy atom. The van der Waals surface area contributed by atoms with Crippen molar-refractivity contribution in [3.8, 4) is 0 Å². The molecule has 1 aliphatic heterocycles. The summed E-state index contributed by atoms with van der Waals surface area (Å²) in [5.41, 5.74) is 1.91. The van der Waals surface area contributed by atoms with E-state index in [0.29, 0.717) is 5.41 Å². The van der Waals surface area contributed by atoms with E-state index >= 15 is 0 Å². The topological polar surface area (TPSA) is 24.9 Å². The highest BCUT2D eigenvalue weighted by atomic mass is 14.9. The number of hydrogen-bond donors (Lipinski definition) is 1. The molecule has 1 aromatic heterocycles. The zero-order valence-corrected chi connectivity index (χ0v) is 10.8. The van der Waals surface area contributed by atoms with Gasteiger partial charge in [0.2, 0.25) is 0 Å². The SMILES string of the molecule is CC.CC1(Cc2ccncc2)CCNCC1. The first kappa shape index (κ1) is 13.2. The predicted molar refractivity (Wildman–Crippen MR) is 69.5 cm³/mol. The van der Waals surface area contributed by atoms with Crippen molar-refractivity contribution in [1.82, 2.24) is 10.3 Å². The molecule has 0 spiro atoms. The molecule has 2 nitrogen and oxygen atoms in total. The molecule has 0 radical (unpaired) electrons. The van der Waals surface area contributed by atoms with Crippen LogP contribution in [0.5, 0.6) is 0 Å². The summed E-state index contributed by atoms with van der Waals surface area (Å²) >= 11 is 0. The van der Waals surface area contributed by atoms with Gasteiger partial charge in [0.25, 0.3) is 0 Å². The molecular weight excluding hydrogens is 196 g/mol. The summed E-state index contributed by atoms with van der Waals surface area (Å²) in [6.07, 6.45) is 7.54. The van der Waals surface area contributed by atoms with Gasteiger partial charge in [-0.3, -0.25) is 4.98 Å². The van der Waals surface area contributed by atoms with Gasteiger partial charge in [0.05, 0.1) is 0 Å². The molecular formula is C14H24N2. The van der Waals surface area contributed by atoms with Crippen LogP contribution in [0.25, 0.3) is 0 Å². The summed E-state index contributed by atoms with van der Waals surface area (Å²) in [4.78, 5) is 4.05. The molecule has 0 unspecified atom stereocenters. The quantitative estimate of drug-likeness (QED) is 0.828. The van der Waals surface area contributed by atoms with E-state index in [1.165, 1.54) is 37.9 Å². The molecule has 2 heterocycles. The molecule has 0 atom stereocenters. The summed E-state index contributed by atoms with van der Waals surface area (Å²) in [5, 5.41) is 3.41. The third-order valence-electron chi connectivity index (χ3n) is 3.19. The molecule has 1 aliphatic rings. The predicted octanol–water partition coefficient (Wildman–Crippen LogP) is 3.04. The van der Waals surface area contributed by atoms with Gasteiger partial charge >= 0.3 is 0 Å². The lowest BCUT2D eigenvalue weighted by Gasteiger charge is -2.34. The standard InChI is InChI=1S/C12H18N2.C2H6/c1-12(4-8-14-9-5-12)10-11-2-6-13-7-3-11;1-2/h2-3,6-7,14H,4-5,8-10H2,1H3;1-2H3. The van der Waals surface area contributed by atoms with Crippen LogP contribution in [0.4, 0.5) is 0 Å². The zero-order chi connectivity index (χ0) is 11.9. The van der Waals surface area contributed by atoms with Crippen molar-refractivity contribution in [2.45, 2.75) is 40.0 Å². The summed E-state index contributed by atoms with van der Waals surface area (Å²) in [7, 11) is 0. The highest BCUT2D eigenvalue weighted by Gasteiger charge is 2.26. The van der Waals surface area contributed by atoms with Crippen LogP contribution in [0.2, 0.25) is 0 Å². The van der Waals surface area contributed by atoms with E-state index in [1.54, 1.807) is 0 Å². The van der Waals surface area contributed by atoms with Gasteiger partial charge < -0.3 is 5.32 Å². The molecule has 1 N–H and O–H groups in total. The van der Waals surface area contributed by atoms with Crippen molar-refractivity contribution in [3.63, 3.8) is 0 Å². The van der Waals surface area contributed by atoms with Crippen molar-refractivity contribution >= 4 is 0 Å². The van der Waals surface area contributed by atoms with E-state index in [0.717, 1.165) is 0 Å². The monoisotopic (exact) mass is 220 g/mol. The second-order valence-electron chi connectivity index (χ2n) is 4.59. The number of piperidine rings is 1. The average molecular weight is 220 g/mol. The fourth-order valence-corrected chi connectivity index (χ4v) is 2.20. The van der Waals surface area contributed by atoms with Crippen LogP contribution in [0.15, 0.2) is 24.5 Å². The smallest absolute Gasteiger partial charge is 0.0270 e. The van der Waals surface area contributed by atoms with E-state index in [1.807, 2.05) is 26.2 Å². The number of aromatic nitrogens is 1. The summed E-state index contributed by atoms with van der Waals surface area (Å²) < 4.78 is 0. The largest absolute Gasteiger partial charge is 0.317 e. The maximum atomic E-state index is 4.05.